The molecule has 1 saturated carbocycles. The average molecular weight is 387 g/mol. The normalized spacial score (nSPS) is 22.9. The molecule has 2 amide bonds. The van der Waals surface area contributed by atoms with E-state index >= 15 is 0 Å². The number of hydrogen-bond donors (Lipinski definition) is 2. The second kappa shape index (κ2) is 7.93. The maximum Gasteiger partial charge on any atom is 0.274 e. The number of carbonyl (C=O) groups excluding carboxylic acids is 2. The zero-order valence-electron chi connectivity index (χ0n) is 16.6. The minimum absolute atomic E-state index is 0.00311. The predicted octanol–water partition coefficient (Wildman–Crippen LogP) is 2.06. The number of oxime groups is 1. The highest BCUT2D eigenvalue weighted by atomic mass is 16.6. The van der Waals surface area contributed by atoms with Crippen molar-refractivity contribution in [2.45, 2.75) is 58.0 Å². The highest BCUT2D eigenvalue weighted by molar-refractivity contribution is 5.94. The van der Waals surface area contributed by atoms with Crippen LogP contribution in [0.5, 0.6) is 0 Å². The maximum absolute atomic E-state index is 12.6. The molecule has 0 bridgehead atoms. The summed E-state index contributed by atoms with van der Waals surface area (Å²) in [4.78, 5) is 32.1. The van der Waals surface area contributed by atoms with Crippen LogP contribution < -0.4 is 5.32 Å². The molecule has 0 radical (unpaired) electrons. The number of amides is 2. The largest absolute Gasteiger partial charge is 0.382 e. The standard InChI is InChI=1S/C20H29N5O3/c1-12(2)15-10-18(28-24-15)19(26)21-11-13-5-7-25(8-6-13)20(27)17-9-16(22-23-17)14-3-4-14/h9,12-14,18H,3-8,10-11H2,1-2H3,(H,21,26)(H,22,23). The lowest BCUT2D eigenvalue weighted by atomic mass is 9.96. The quantitative estimate of drug-likeness (QED) is 0.780. The molecule has 0 aromatic carbocycles. The molecule has 1 aliphatic carbocycles. The molecule has 3 heterocycles. The lowest BCUT2D eigenvalue weighted by molar-refractivity contribution is -0.131. The molecular weight excluding hydrogens is 358 g/mol. The average Bonchev–Trinajstić information content (AvgIpc) is 3.22. The Morgan fingerprint density at radius 1 is 1.29 bits per heavy atom. The van der Waals surface area contributed by atoms with Crippen LogP contribution in [0.1, 0.15) is 68.1 Å². The molecule has 8 nitrogen and oxygen atoms in total. The molecule has 2 aliphatic heterocycles. The van der Waals surface area contributed by atoms with Crippen LogP contribution in [0.2, 0.25) is 0 Å². The lowest BCUT2D eigenvalue weighted by Gasteiger charge is -2.31. The van der Waals surface area contributed by atoms with Gasteiger partial charge >= 0.3 is 0 Å². The first-order valence-corrected chi connectivity index (χ1v) is 10.4. The molecule has 152 valence electrons. The van der Waals surface area contributed by atoms with Gasteiger partial charge < -0.3 is 15.1 Å². The van der Waals surface area contributed by atoms with Crippen LogP contribution in [0.25, 0.3) is 0 Å². The Balaban J connectivity index is 1.19. The first-order valence-electron chi connectivity index (χ1n) is 10.4. The molecule has 28 heavy (non-hydrogen) atoms. The van der Waals surface area contributed by atoms with Crippen LogP contribution in [-0.4, -0.2) is 58.4 Å². The summed E-state index contributed by atoms with van der Waals surface area (Å²) in [5.74, 6) is 1.15. The second-order valence-corrected chi connectivity index (χ2v) is 8.50. The number of hydrogen-bond acceptors (Lipinski definition) is 5. The minimum Gasteiger partial charge on any atom is -0.382 e. The van der Waals surface area contributed by atoms with Gasteiger partial charge in [-0.25, -0.2) is 0 Å². The number of carbonyl (C=O) groups is 2. The summed E-state index contributed by atoms with van der Waals surface area (Å²) in [6, 6.07) is 1.90. The van der Waals surface area contributed by atoms with Crippen molar-refractivity contribution < 1.29 is 14.4 Å². The van der Waals surface area contributed by atoms with Crippen LogP contribution >= 0.6 is 0 Å². The Morgan fingerprint density at radius 3 is 2.68 bits per heavy atom. The number of aromatic amines is 1. The summed E-state index contributed by atoms with van der Waals surface area (Å²) in [5.41, 5.74) is 2.54. The fourth-order valence-corrected chi connectivity index (χ4v) is 3.79. The smallest absolute Gasteiger partial charge is 0.274 e. The van der Waals surface area contributed by atoms with Gasteiger partial charge in [0.2, 0.25) is 6.10 Å². The maximum atomic E-state index is 12.6. The van der Waals surface area contributed by atoms with Crippen LogP contribution in [0.15, 0.2) is 11.2 Å². The van der Waals surface area contributed by atoms with E-state index in [9.17, 15) is 9.59 Å². The molecule has 3 aliphatic rings. The number of nitrogens with zero attached hydrogens (tertiary/aromatic N) is 3. The van der Waals surface area contributed by atoms with Gasteiger partial charge in [0.1, 0.15) is 5.69 Å². The summed E-state index contributed by atoms with van der Waals surface area (Å²) in [6.07, 6.45) is 4.20. The third kappa shape index (κ3) is 4.20. The van der Waals surface area contributed by atoms with Crippen molar-refractivity contribution in [3.05, 3.63) is 17.5 Å². The van der Waals surface area contributed by atoms with Crippen LogP contribution in [0.4, 0.5) is 0 Å². The Kier molecular flexibility index (Phi) is 5.37. The number of likely N-dealkylation sites (tertiary alicyclic amines) is 1. The van der Waals surface area contributed by atoms with Crippen LogP contribution in [-0.2, 0) is 9.63 Å². The molecule has 2 fully saturated rings. The molecule has 2 N–H and O–H groups in total. The molecule has 4 rings (SSSR count). The first-order chi connectivity index (χ1) is 13.5. The first kappa shape index (κ1) is 19.0. The van der Waals surface area contributed by atoms with E-state index in [1.807, 2.05) is 24.8 Å². The summed E-state index contributed by atoms with van der Waals surface area (Å²) >= 11 is 0. The molecule has 1 saturated heterocycles. The van der Waals surface area contributed by atoms with Crippen LogP contribution in [0.3, 0.4) is 0 Å². The van der Waals surface area contributed by atoms with E-state index in [1.165, 1.54) is 12.8 Å². The Hall–Kier alpha value is -2.38. The van der Waals surface area contributed by atoms with Crippen molar-refractivity contribution in [2.24, 2.45) is 17.0 Å². The van der Waals surface area contributed by atoms with Crippen molar-refractivity contribution in [3.8, 4) is 0 Å². The molecule has 8 heteroatoms. The van der Waals surface area contributed by atoms with E-state index < -0.39 is 6.10 Å². The number of nitrogens with one attached hydrogen (secondary N) is 2. The minimum atomic E-state index is -0.501. The summed E-state index contributed by atoms with van der Waals surface area (Å²) in [6.45, 7) is 6.11. The van der Waals surface area contributed by atoms with E-state index in [-0.39, 0.29) is 11.8 Å². The van der Waals surface area contributed by atoms with Crippen molar-refractivity contribution >= 4 is 17.5 Å². The molecule has 0 spiro atoms. The molecule has 1 unspecified atom stereocenters. The second-order valence-electron chi connectivity index (χ2n) is 8.50. The van der Waals surface area contributed by atoms with E-state index in [0.29, 0.717) is 49.5 Å². The van der Waals surface area contributed by atoms with Gasteiger partial charge in [-0.1, -0.05) is 19.0 Å². The highest BCUT2D eigenvalue weighted by Crippen LogP contribution is 2.39. The van der Waals surface area contributed by atoms with Gasteiger partial charge in [-0.3, -0.25) is 14.7 Å². The monoisotopic (exact) mass is 387 g/mol. The Morgan fingerprint density at radius 2 is 2.04 bits per heavy atom. The van der Waals surface area contributed by atoms with Crippen molar-refractivity contribution in [1.82, 2.24) is 20.4 Å². The lowest BCUT2D eigenvalue weighted by Crippen LogP contribution is -2.43. The van der Waals surface area contributed by atoms with Crippen molar-refractivity contribution in [1.29, 1.82) is 0 Å². The summed E-state index contributed by atoms with van der Waals surface area (Å²) < 4.78 is 0. The van der Waals surface area contributed by atoms with Gasteiger partial charge in [0.25, 0.3) is 11.8 Å². The van der Waals surface area contributed by atoms with Crippen LogP contribution in [0, 0.1) is 11.8 Å². The van der Waals surface area contributed by atoms with Gasteiger partial charge in [-0.05, 0) is 43.6 Å². The van der Waals surface area contributed by atoms with Gasteiger partial charge in [0.15, 0.2) is 0 Å². The fourth-order valence-electron chi connectivity index (χ4n) is 3.79. The topological polar surface area (TPSA) is 99.7 Å². The van der Waals surface area contributed by atoms with Crippen molar-refractivity contribution in [2.75, 3.05) is 19.6 Å². The number of piperidine rings is 1. The molecule has 1 atom stereocenters. The van der Waals surface area contributed by atoms with E-state index in [4.69, 9.17) is 4.84 Å². The van der Waals surface area contributed by atoms with E-state index in [1.54, 1.807) is 0 Å². The fraction of sp³-hybridized carbons (Fsp3) is 0.700. The molecular formula is C20H29N5O3. The van der Waals surface area contributed by atoms with Gasteiger partial charge in [0, 0.05) is 37.7 Å². The van der Waals surface area contributed by atoms with Gasteiger partial charge in [0.05, 0.1) is 5.71 Å². The summed E-state index contributed by atoms with van der Waals surface area (Å²) in [5, 5.41) is 14.2. The van der Waals surface area contributed by atoms with E-state index in [2.05, 4.69) is 20.7 Å². The zero-order chi connectivity index (χ0) is 19.7. The van der Waals surface area contributed by atoms with Gasteiger partial charge in [-0.15, -0.1) is 0 Å². The third-order valence-electron chi connectivity index (χ3n) is 5.95. The highest BCUT2D eigenvalue weighted by Gasteiger charge is 2.31. The summed E-state index contributed by atoms with van der Waals surface area (Å²) in [7, 11) is 0. The predicted molar refractivity (Wildman–Crippen MR) is 104 cm³/mol. The number of H-pyrrole nitrogens is 1. The molecule has 1 aromatic heterocycles. The Bertz CT molecular complexity index is 760. The number of rotatable bonds is 6. The third-order valence-corrected chi connectivity index (χ3v) is 5.95. The zero-order valence-corrected chi connectivity index (χ0v) is 16.6. The SMILES string of the molecule is CC(C)C1=NOC(C(=O)NCC2CCN(C(=O)c3cc(C4CC4)[nH]n3)CC2)C1. The van der Waals surface area contributed by atoms with Gasteiger partial charge in [-0.2, -0.15) is 5.10 Å². The van der Waals surface area contributed by atoms with E-state index in [0.717, 1.165) is 24.2 Å². The number of aromatic nitrogens is 2. The molecule has 1 aromatic rings. The van der Waals surface area contributed by atoms with Crippen molar-refractivity contribution in [3.63, 3.8) is 0 Å². The Labute approximate surface area is 165 Å².